The zero-order valence-electron chi connectivity index (χ0n) is 23.2. The van der Waals surface area contributed by atoms with Gasteiger partial charge in [-0.15, -0.1) is 11.3 Å². The molecule has 40 heavy (non-hydrogen) atoms. The lowest BCUT2D eigenvalue weighted by molar-refractivity contribution is -0.00463. The van der Waals surface area contributed by atoms with Gasteiger partial charge in [0.1, 0.15) is 10.8 Å². The Balaban J connectivity index is 1.13. The SMILES string of the molecule is CN(C)c1ccc2nc(-c3ccc(-c4ccc(NCCOCCOCCOCCOCCO)nc4)cc3)sc2c1. The van der Waals surface area contributed by atoms with Crippen LogP contribution in [0.3, 0.4) is 0 Å². The van der Waals surface area contributed by atoms with Gasteiger partial charge in [-0.1, -0.05) is 24.3 Å². The van der Waals surface area contributed by atoms with Crippen molar-refractivity contribution in [1.29, 1.82) is 0 Å². The van der Waals surface area contributed by atoms with Crippen molar-refractivity contribution in [3.8, 4) is 21.7 Å². The van der Waals surface area contributed by atoms with Crippen LogP contribution in [0.15, 0.2) is 60.8 Å². The molecular formula is C30H38N4O5S. The van der Waals surface area contributed by atoms with E-state index in [1.54, 1.807) is 11.3 Å². The summed E-state index contributed by atoms with van der Waals surface area (Å²) < 4.78 is 22.7. The topological polar surface area (TPSA) is 98.2 Å². The second kappa shape index (κ2) is 16.2. The van der Waals surface area contributed by atoms with Crippen molar-refractivity contribution in [3.05, 3.63) is 60.8 Å². The average Bonchev–Trinajstić information content (AvgIpc) is 3.41. The zero-order valence-corrected chi connectivity index (χ0v) is 24.0. The molecule has 10 heteroatoms. The van der Waals surface area contributed by atoms with Gasteiger partial charge in [0, 0.05) is 43.7 Å². The molecule has 2 aromatic heterocycles. The molecule has 0 unspecified atom stereocenters. The van der Waals surface area contributed by atoms with Gasteiger partial charge in [-0.05, 0) is 35.9 Å². The van der Waals surface area contributed by atoms with E-state index < -0.39 is 0 Å². The number of aromatic nitrogens is 2. The number of rotatable bonds is 18. The van der Waals surface area contributed by atoms with Gasteiger partial charge in [0.25, 0.3) is 0 Å². The summed E-state index contributed by atoms with van der Waals surface area (Å²) in [6, 6.07) is 18.9. The van der Waals surface area contributed by atoms with Crippen molar-refractivity contribution in [2.24, 2.45) is 0 Å². The Hall–Kier alpha value is -3.12. The Bertz CT molecular complexity index is 1280. The molecule has 4 aromatic rings. The molecule has 0 saturated carbocycles. The van der Waals surface area contributed by atoms with Crippen molar-refractivity contribution in [1.82, 2.24) is 9.97 Å². The second-order valence-electron chi connectivity index (χ2n) is 9.17. The predicted molar refractivity (Wildman–Crippen MR) is 161 cm³/mol. The lowest BCUT2D eigenvalue weighted by Gasteiger charge is -2.11. The van der Waals surface area contributed by atoms with E-state index in [2.05, 4.69) is 63.7 Å². The maximum Gasteiger partial charge on any atom is 0.125 e. The molecule has 0 amide bonds. The summed E-state index contributed by atoms with van der Waals surface area (Å²) >= 11 is 1.72. The minimum Gasteiger partial charge on any atom is -0.394 e. The highest BCUT2D eigenvalue weighted by atomic mass is 32.1. The summed E-state index contributed by atoms with van der Waals surface area (Å²) in [5.41, 5.74) is 5.49. The molecule has 9 nitrogen and oxygen atoms in total. The number of benzene rings is 2. The number of nitrogens with one attached hydrogen (secondary N) is 1. The summed E-state index contributed by atoms with van der Waals surface area (Å²) in [6.07, 6.45) is 1.88. The number of fused-ring (bicyclic) bond motifs is 1. The number of hydrogen-bond acceptors (Lipinski definition) is 10. The molecule has 2 heterocycles. The largest absolute Gasteiger partial charge is 0.394 e. The number of pyridine rings is 1. The molecule has 0 saturated heterocycles. The monoisotopic (exact) mass is 566 g/mol. The first kappa shape index (κ1) is 29.9. The molecule has 214 valence electrons. The van der Waals surface area contributed by atoms with E-state index in [9.17, 15) is 0 Å². The van der Waals surface area contributed by atoms with Crippen molar-refractivity contribution >= 4 is 33.1 Å². The Morgan fingerprint density at radius 3 is 2.00 bits per heavy atom. The number of nitrogens with zero attached hydrogens (tertiary/aromatic N) is 3. The molecule has 0 fully saturated rings. The van der Waals surface area contributed by atoms with Crippen LogP contribution in [0.5, 0.6) is 0 Å². The molecule has 0 radical (unpaired) electrons. The highest BCUT2D eigenvalue weighted by molar-refractivity contribution is 7.21. The van der Waals surface area contributed by atoms with E-state index in [-0.39, 0.29) is 6.61 Å². The minimum absolute atomic E-state index is 0.0304. The van der Waals surface area contributed by atoms with Gasteiger partial charge in [0.2, 0.25) is 0 Å². The van der Waals surface area contributed by atoms with Crippen LogP contribution in [0, 0.1) is 0 Å². The third-order valence-corrected chi connectivity index (χ3v) is 7.09. The molecule has 0 aliphatic heterocycles. The van der Waals surface area contributed by atoms with Crippen molar-refractivity contribution < 1.29 is 24.1 Å². The van der Waals surface area contributed by atoms with Crippen LogP contribution in [0.4, 0.5) is 11.5 Å². The lowest BCUT2D eigenvalue weighted by atomic mass is 10.1. The average molecular weight is 567 g/mol. The third-order valence-electron chi connectivity index (χ3n) is 6.02. The van der Waals surface area contributed by atoms with Gasteiger partial charge in [0.15, 0.2) is 0 Å². The maximum atomic E-state index is 8.61. The molecule has 2 aromatic carbocycles. The fourth-order valence-corrected chi connectivity index (χ4v) is 4.87. The molecular weight excluding hydrogens is 528 g/mol. The highest BCUT2D eigenvalue weighted by Crippen LogP contribution is 2.33. The van der Waals surface area contributed by atoms with Crippen LogP contribution in [0.25, 0.3) is 31.9 Å². The van der Waals surface area contributed by atoms with Crippen LogP contribution < -0.4 is 10.2 Å². The normalized spacial score (nSPS) is 11.3. The van der Waals surface area contributed by atoms with Crippen LogP contribution in [-0.2, 0) is 18.9 Å². The number of anilines is 2. The van der Waals surface area contributed by atoms with E-state index in [0.29, 0.717) is 59.4 Å². The number of ether oxygens (including phenoxy) is 4. The molecule has 4 rings (SSSR count). The highest BCUT2D eigenvalue weighted by Gasteiger charge is 2.09. The molecule has 0 atom stereocenters. The first-order chi connectivity index (χ1) is 19.6. The van der Waals surface area contributed by atoms with Crippen LogP contribution in [-0.4, -0.2) is 95.2 Å². The van der Waals surface area contributed by atoms with Gasteiger partial charge >= 0.3 is 0 Å². The van der Waals surface area contributed by atoms with Crippen molar-refractivity contribution in [3.63, 3.8) is 0 Å². The number of aliphatic hydroxyl groups is 1. The summed E-state index contributed by atoms with van der Waals surface area (Å²) in [4.78, 5) is 11.5. The molecule has 2 N–H and O–H groups in total. The van der Waals surface area contributed by atoms with E-state index in [4.69, 9.17) is 29.0 Å². The van der Waals surface area contributed by atoms with Crippen molar-refractivity contribution in [2.75, 3.05) is 90.3 Å². The predicted octanol–water partition coefficient (Wildman–Crippen LogP) is 4.56. The van der Waals surface area contributed by atoms with Gasteiger partial charge < -0.3 is 34.3 Å². The standard InChI is InChI=1S/C30H38N4O5S/c1-34(2)26-8-9-27-28(21-26)40-30(33-27)24-5-3-23(4-6-24)25-7-10-29(32-22-25)31-11-13-36-15-17-38-19-20-39-18-16-37-14-12-35/h3-10,21-22,35H,11-20H2,1-2H3,(H,31,32). The van der Waals surface area contributed by atoms with Crippen molar-refractivity contribution in [2.45, 2.75) is 0 Å². The molecule has 0 spiro atoms. The zero-order chi connectivity index (χ0) is 28.0. The maximum absolute atomic E-state index is 8.61. The van der Waals surface area contributed by atoms with Gasteiger partial charge in [0.05, 0.1) is 69.7 Å². The first-order valence-corrected chi connectivity index (χ1v) is 14.3. The minimum atomic E-state index is 0.0304. The number of thiazole rings is 1. The van der Waals surface area contributed by atoms with Crippen LogP contribution in [0.1, 0.15) is 0 Å². The second-order valence-corrected chi connectivity index (χ2v) is 10.2. The van der Waals surface area contributed by atoms with E-state index >= 15 is 0 Å². The fraction of sp³-hybridized carbons (Fsp3) is 0.400. The van der Waals surface area contributed by atoms with Gasteiger partial charge in [-0.3, -0.25) is 0 Å². The fourth-order valence-electron chi connectivity index (χ4n) is 3.87. The van der Waals surface area contributed by atoms with Crippen LogP contribution in [0.2, 0.25) is 0 Å². The number of aliphatic hydroxyl groups excluding tert-OH is 1. The summed E-state index contributed by atoms with van der Waals surface area (Å²) in [7, 11) is 4.10. The van der Waals surface area contributed by atoms with Gasteiger partial charge in [-0.2, -0.15) is 0 Å². The molecule has 0 aliphatic rings. The summed E-state index contributed by atoms with van der Waals surface area (Å²) in [5.74, 6) is 0.812. The Morgan fingerprint density at radius 1 is 0.750 bits per heavy atom. The Labute approximate surface area is 239 Å². The van der Waals surface area contributed by atoms with Gasteiger partial charge in [-0.25, -0.2) is 9.97 Å². The van der Waals surface area contributed by atoms with Crippen LogP contribution >= 0.6 is 11.3 Å². The van der Waals surface area contributed by atoms with E-state index in [1.807, 2.05) is 26.4 Å². The molecule has 0 bridgehead atoms. The summed E-state index contributed by atoms with van der Waals surface area (Å²) in [6.45, 7) is 4.64. The smallest absolute Gasteiger partial charge is 0.125 e. The first-order valence-electron chi connectivity index (χ1n) is 13.4. The lowest BCUT2D eigenvalue weighted by Crippen LogP contribution is -2.15. The molecule has 0 aliphatic carbocycles. The third kappa shape index (κ3) is 9.22. The number of hydrogen-bond donors (Lipinski definition) is 2. The van der Waals surface area contributed by atoms with E-state index in [0.717, 1.165) is 33.0 Å². The van der Waals surface area contributed by atoms with E-state index in [1.165, 1.54) is 10.4 Å². The Kier molecular flexibility index (Phi) is 12.1. The Morgan fingerprint density at radius 2 is 1.38 bits per heavy atom. The quantitative estimate of drug-likeness (QED) is 0.168. The summed E-state index contributed by atoms with van der Waals surface area (Å²) in [5, 5.41) is 12.9.